The van der Waals surface area contributed by atoms with Crippen LogP contribution in [0.3, 0.4) is 0 Å². The zero-order valence-electron chi connectivity index (χ0n) is 24.1. The van der Waals surface area contributed by atoms with E-state index in [4.69, 9.17) is 0 Å². The second-order valence-electron chi connectivity index (χ2n) is 11.2. The number of hydrogen-bond acceptors (Lipinski definition) is 4. The molecule has 0 spiro atoms. The predicted octanol–water partition coefficient (Wildman–Crippen LogP) is 5.10. The Morgan fingerprint density at radius 1 is 0.875 bits per heavy atom. The summed E-state index contributed by atoms with van der Waals surface area (Å²) >= 11 is 0. The van der Waals surface area contributed by atoms with Crippen molar-refractivity contribution in [1.82, 2.24) is 10.2 Å². The SMILES string of the molecule is Cc1cccc(N(CCCC(=O)N(Cc2ccccc2)[C@@H](Cc2ccccc2)C(=O)NC(C)(C)C)S(C)(=O)=O)c1. The predicted molar refractivity (Wildman–Crippen MR) is 161 cm³/mol. The summed E-state index contributed by atoms with van der Waals surface area (Å²) in [5, 5.41) is 3.06. The minimum Gasteiger partial charge on any atom is -0.350 e. The van der Waals surface area contributed by atoms with Crippen LogP contribution in [-0.2, 0) is 32.6 Å². The first-order valence-corrected chi connectivity index (χ1v) is 15.4. The molecule has 0 saturated carbocycles. The summed E-state index contributed by atoms with van der Waals surface area (Å²) in [6, 6.07) is 25.8. The molecule has 0 radical (unpaired) electrons. The fraction of sp³-hybridized carbons (Fsp3) is 0.375. The maximum Gasteiger partial charge on any atom is 0.243 e. The minimum atomic E-state index is -3.55. The number of nitrogens with zero attached hydrogens (tertiary/aromatic N) is 2. The standard InChI is InChI=1S/C32H41N3O4S/c1-25-14-12-19-28(22-25)35(40(5,38)39)21-13-20-30(36)34(24-27-17-10-7-11-18-27)29(31(37)33-32(2,3)4)23-26-15-8-6-9-16-26/h6-12,14-19,22,29H,13,20-21,23-24H2,1-5H3,(H,33,37)/t29-/m0/s1. The molecule has 0 fully saturated rings. The van der Waals surface area contributed by atoms with E-state index in [0.29, 0.717) is 18.5 Å². The van der Waals surface area contributed by atoms with Crippen molar-refractivity contribution < 1.29 is 18.0 Å². The molecule has 214 valence electrons. The van der Waals surface area contributed by atoms with Gasteiger partial charge in [0.2, 0.25) is 21.8 Å². The van der Waals surface area contributed by atoms with E-state index in [1.54, 1.807) is 11.0 Å². The molecule has 3 aromatic rings. The number of nitrogens with one attached hydrogen (secondary N) is 1. The number of anilines is 1. The average Bonchev–Trinajstić information content (AvgIpc) is 2.88. The van der Waals surface area contributed by atoms with Crippen molar-refractivity contribution in [2.24, 2.45) is 0 Å². The molecule has 1 N–H and O–H groups in total. The van der Waals surface area contributed by atoms with Crippen molar-refractivity contribution in [1.29, 1.82) is 0 Å². The van der Waals surface area contributed by atoms with Crippen molar-refractivity contribution >= 4 is 27.5 Å². The van der Waals surface area contributed by atoms with E-state index in [-0.39, 0.29) is 31.3 Å². The van der Waals surface area contributed by atoms with Crippen LogP contribution in [0, 0.1) is 6.92 Å². The van der Waals surface area contributed by atoms with Crippen molar-refractivity contribution in [3.63, 3.8) is 0 Å². The second-order valence-corrected chi connectivity index (χ2v) is 13.1. The van der Waals surface area contributed by atoms with E-state index in [1.165, 1.54) is 10.6 Å². The fourth-order valence-electron chi connectivity index (χ4n) is 4.57. The van der Waals surface area contributed by atoms with Crippen LogP contribution in [0.4, 0.5) is 5.69 Å². The van der Waals surface area contributed by atoms with Crippen molar-refractivity contribution in [3.05, 3.63) is 102 Å². The van der Waals surface area contributed by atoms with Gasteiger partial charge in [0.15, 0.2) is 0 Å². The van der Waals surface area contributed by atoms with Gasteiger partial charge in [-0.05, 0) is 62.9 Å². The second kappa shape index (κ2) is 13.6. The summed E-state index contributed by atoms with van der Waals surface area (Å²) in [5.41, 5.74) is 2.91. The zero-order chi connectivity index (χ0) is 29.3. The highest BCUT2D eigenvalue weighted by Crippen LogP contribution is 2.21. The number of carbonyl (C=O) groups excluding carboxylic acids is 2. The molecule has 3 rings (SSSR count). The molecule has 0 bridgehead atoms. The van der Waals surface area contributed by atoms with Gasteiger partial charge in [0.1, 0.15) is 6.04 Å². The van der Waals surface area contributed by atoms with Gasteiger partial charge in [-0.3, -0.25) is 13.9 Å². The van der Waals surface area contributed by atoms with Crippen molar-refractivity contribution in [2.45, 2.75) is 65.1 Å². The van der Waals surface area contributed by atoms with Gasteiger partial charge in [-0.1, -0.05) is 72.8 Å². The van der Waals surface area contributed by atoms with Gasteiger partial charge >= 0.3 is 0 Å². The number of hydrogen-bond donors (Lipinski definition) is 1. The lowest BCUT2D eigenvalue weighted by Crippen LogP contribution is -2.54. The molecule has 0 aromatic heterocycles. The smallest absolute Gasteiger partial charge is 0.243 e. The third kappa shape index (κ3) is 9.52. The summed E-state index contributed by atoms with van der Waals surface area (Å²) in [4.78, 5) is 29.1. The summed E-state index contributed by atoms with van der Waals surface area (Å²) in [6.07, 6.45) is 1.94. The Labute approximate surface area is 239 Å². The molecule has 0 aliphatic carbocycles. The first kappa shape index (κ1) is 30.9. The van der Waals surface area contributed by atoms with Crippen LogP contribution in [0.25, 0.3) is 0 Å². The number of carbonyl (C=O) groups is 2. The Kier molecular flexibility index (Phi) is 10.5. The van der Waals surface area contributed by atoms with Gasteiger partial charge in [-0.25, -0.2) is 8.42 Å². The molecule has 0 unspecified atom stereocenters. The molecule has 40 heavy (non-hydrogen) atoms. The highest BCUT2D eigenvalue weighted by molar-refractivity contribution is 7.92. The molecule has 0 heterocycles. The third-order valence-corrected chi connectivity index (χ3v) is 7.60. The third-order valence-electron chi connectivity index (χ3n) is 6.41. The van der Waals surface area contributed by atoms with Crippen LogP contribution in [0.1, 0.15) is 50.3 Å². The van der Waals surface area contributed by atoms with Crippen LogP contribution >= 0.6 is 0 Å². The Morgan fingerprint density at radius 2 is 1.48 bits per heavy atom. The molecule has 7 nitrogen and oxygen atoms in total. The van der Waals surface area contributed by atoms with Crippen LogP contribution in [0.5, 0.6) is 0 Å². The number of sulfonamides is 1. The van der Waals surface area contributed by atoms with Gasteiger partial charge in [0.05, 0.1) is 11.9 Å². The van der Waals surface area contributed by atoms with E-state index in [2.05, 4.69) is 5.32 Å². The Bertz CT molecular complexity index is 1370. The Balaban J connectivity index is 1.88. The quantitative estimate of drug-likeness (QED) is 0.332. The number of benzene rings is 3. The van der Waals surface area contributed by atoms with Crippen molar-refractivity contribution in [2.75, 3.05) is 17.1 Å². The van der Waals surface area contributed by atoms with Gasteiger partial charge in [0.25, 0.3) is 0 Å². The monoisotopic (exact) mass is 563 g/mol. The molecular weight excluding hydrogens is 522 g/mol. The number of rotatable bonds is 12. The molecule has 1 atom stereocenters. The summed E-state index contributed by atoms with van der Waals surface area (Å²) in [7, 11) is -3.55. The van der Waals surface area contributed by atoms with Crippen LogP contribution in [0.2, 0.25) is 0 Å². The molecule has 0 aliphatic rings. The Morgan fingerprint density at radius 3 is 2.02 bits per heavy atom. The van der Waals surface area contributed by atoms with Gasteiger partial charge in [-0.2, -0.15) is 0 Å². The van der Waals surface area contributed by atoms with E-state index < -0.39 is 21.6 Å². The van der Waals surface area contributed by atoms with Crippen LogP contribution < -0.4 is 9.62 Å². The van der Waals surface area contributed by atoms with E-state index >= 15 is 0 Å². The van der Waals surface area contributed by atoms with Crippen LogP contribution in [0.15, 0.2) is 84.9 Å². The van der Waals surface area contributed by atoms with Gasteiger partial charge < -0.3 is 10.2 Å². The lowest BCUT2D eigenvalue weighted by Gasteiger charge is -2.34. The summed E-state index contributed by atoms with van der Waals surface area (Å²) < 4.78 is 26.5. The Hall–Kier alpha value is -3.65. The lowest BCUT2D eigenvalue weighted by atomic mass is 10.00. The number of aryl methyl sites for hydroxylation is 1. The largest absolute Gasteiger partial charge is 0.350 e. The maximum absolute atomic E-state index is 13.8. The topological polar surface area (TPSA) is 86.8 Å². The molecule has 3 aromatic carbocycles. The minimum absolute atomic E-state index is 0.0960. The molecular formula is C32H41N3O4S. The zero-order valence-corrected chi connectivity index (χ0v) is 24.9. The first-order chi connectivity index (χ1) is 18.8. The number of amides is 2. The first-order valence-electron chi connectivity index (χ1n) is 13.6. The molecule has 0 aliphatic heterocycles. The van der Waals surface area contributed by atoms with Gasteiger partial charge in [-0.15, -0.1) is 0 Å². The highest BCUT2D eigenvalue weighted by atomic mass is 32.2. The van der Waals surface area contributed by atoms with Crippen LogP contribution in [-0.4, -0.2) is 49.5 Å². The molecule has 8 heteroatoms. The average molecular weight is 564 g/mol. The molecule has 2 amide bonds. The summed E-state index contributed by atoms with van der Waals surface area (Å²) in [6.45, 7) is 8.08. The van der Waals surface area contributed by atoms with Gasteiger partial charge in [0, 0.05) is 31.5 Å². The van der Waals surface area contributed by atoms with E-state index in [1.807, 2.05) is 107 Å². The lowest BCUT2D eigenvalue weighted by molar-refractivity contribution is -0.142. The van der Waals surface area contributed by atoms with E-state index in [9.17, 15) is 18.0 Å². The van der Waals surface area contributed by atoms with E-state index in [0.717, 1.165) is 16.7 Å². The maximum atomic E-state index is 13.8. The fourth-order valence-corrected chi connectivity index (χ4v) is 5.53. The van der Waals surface area contributed by atoms with Crippen molar-refractivity contribution in [3.8, 4) is 0 Å². The normalized spacial score (nSPS) is 12.4. The molecule has 0 saturated heterocycles. The summed E-state index contributed by atoms with van der Waals surface area (Å²) in [5.74, 6) is -0.426. The highest BCUT2D eigenvalue weighted by Gasteiger charge is 2.32.